The zero-order valence-electron chi connectivity index (χ0n) is 28.6. The summed E-state index contributed by atoms with van der Waals surface area (Å²) in [5, 5.41) is 43.4. The van der Waals surface area contributed by atoms with Crippen LogP contribution in [0.3, 0.4) is 0 Å². The van der Waals surface area contributed by atoms with Crippen LogP contribution in [0.25, 0.3) is 0 Å². The zero-order chi connectivity index (χ0) is 34.3. The Kier molecular flexibility index (Phi) is 21.5. The Labute approximate surface area is 281 Å². The maximum absolute atomic E-state index is 13.1. The molecule has 1 unspecified atom stereocenters. The minimum Gasteiger partial charge on any atom is -0.452 e. The van der Waals surface area contributed by atoms with Gasteiger partial charge in [0.25, 0.3) is 0 Å². The highest BCUT2D eigenvalue weighted by atomic mass is 16.7. The Hall–Kier alpha value is -2.34. The number of amides is 1. The van der Waals surface area contributed by atoms with Gasteiger partial charge in [0, 0.05) is 6.42 Å². The van der Waals surface area contributed by atoms with E-state index in [2.05, 4.69) is 19.2 Å². The van der Waals surface area contributed by atoms with Crippen LogP contribution in [0, 0.1) is 0 Å². The summed E-state index contributed by atoms with van der Waals surface area (Å²) in [5.74, 6) is -0.798. The van der Waals surface area contributed by atoms with E-state index in [1.54, 1.807) is 36.4 Å². The molecule has 1 saturated heterocycles. The molecular formula is C37H61NO9. The minimum absolute atomic E-state index is 0.236. The number of carbonyl (C=O) groups is 2. The first kappa shape index (κ1) is 40.8. The number of esters is 1. The lowest BCUT2D eigenvalue weighted by molar-refractivity contribution is -0.302. The molecule has 47 heavy (non-hydrogen) atoms. The van der Waals surface area contributed by atoms with Crippen LogP contribution in [0.15, 0.2) is 42.5 Å². The topological polar surface area (TPSA) is 155 Å². The van der Waals surface area contributed by atoms with Crippen molar-refractivity contribution in [1.29, 1.82) is 0 Å². The van der Waals surface area contributed by atoms with Gasteiger partial charge in [0.15, 0.2) is 6.29 Å². The van der Waals surface area contributed by atoms with Gasteiger partial charge in [-0.15, -0.1) is 0 Å². The van der Waals surface area contributed by atoms with E-state index in [1.165, 1.54) is 57.8 Å². The number of aliphatic hydroxyl groups excluding tert-OH is 4. The third-order valence-corrected chi connectivity index (χ3v) is 8.59. The molecule has 0 aliphatic carbocycles. The van der Waals surface area contributed by atoms with Crippen molar-refractivity contribution in [2.24, 2.45) is 0 Å². The molecular weight excluding hydrogens is 602 g/mol. The number of hydrogen-bond acceptors (Lipinski definition) is 9. The van der Waals surface area contributed by atoms with Gasteiger partial charge < -0.3 is 40.0 Å². The fourth-order valence-electron chi connectivity index (χ4n) is 5.61. The van der Waals surface area contributed by atoms with Gasteiger partial charge in [0.1, 0.15) is 30.5 Å². The van der Waals surface area contributed by atoms with Gasteiger partial charge in [-0.1, -0.05) is 115 Å². The number of hydrogen-bond donors (Lipinski definition) is 5. The molecule has 1 amide bonds. The predicted octanol–water partition coefficient (Wildman–Crippen LogP) is 5.35. The third-order valence-electron chi connectivity index (χ3n) is 8.59. The van der Waals surface area contributed by atoms with E-state index in [0.29, 0.717) is 12.0 Å². The summed E-state index contributed by atoms with van der Waals surface area (Å²) in [5.41, 5.74) is 0.360. The highest BCUT2D eigenvalue weighted by molar-refractivity contribution is 5.89. The highest BCUT2D eigenvalue weighted by Gasteiger charge is 2.44. The van der Waals surface area contributed by atoms with E-state index in [0.717, 1.165) is 32.1 Å². The summed E-state index contributed by atoms with van der Waals surface area (Å²) in [6.45, 7) is 3.45. The van der Waals surface area contributed by atoms with Gasteiger partial charge in [-0.05, 0) is 37.5 Å². The van der Waals surface area contributed by atoms with Gasteiger partial charge in [-0.3, -0.25) is 4.79 Å². The first-order valence-corrected chi connectivity index (χ1v) is 18.0. The number of unbranched alkanes of at least 4 members (excludes halogenated alkanes) is 13. The first-order chi connectivity index (χ1) is 22.8. The van der Waals surface area contributed by atoms with Crippen LogP contribution in [0.2, 0.25) is 0 Å². The predicted molar refractivity (Wildman–Crippen MR) is 182 cm³/mol. The summed E-state index contributed by atoms with van der Waals surface area (Å²) >= 11 is 0. The van der Waals surface area contributed by atoms with Crippen molar-refractivity contribution in [3.63, 3.8) is 0 Å². The Morgan fingerprint density at radius 3 is 2.04 bits per heavy atom. The lowest BCUT2D eigenvalue weighted by Gasteiger charge is -2.40. The second-order valence-electron chi connectivity index (χ2n) is 12.7. The quantitative estimate of drug-likeness (QED) is 0.0529. The van der Waals surface area contributed by atoms with Crippen molar-refractivity contribution in [1.82, 2.24) is 5.32 Å². The van der Waals surface area contributed by atoms with Gasteiger partial charge in [-0.2, -0.15) is 0 Å². The molecule has 0 bridgehead atoms. The van der Waals surface area contributed by atoms with E-state index < -0.39 is 55.4 Å². The average Bonchev–Trinajstić information content (AvgIpc) is 3.08. The zero-order valence-corrected chi connectivity index (χ0v) is 28.6. The van der Waals surface area contributed by atoms with Crippen LogP contribution >= 0.6 is 0 Å². The normalized spacial score (nSPS) is 22.6. The summed E-state index contributed by atoms with van der Waals surface area (Å²) < 4.78 is 17.3. The lowest BCUT2D eigenvalue weighted by atomic mass is 9.99. The molecule has 1 aromatic carbocycles. The van der Waals surface area contributed by atoms with Crippen LogP contribution in [-0.2, 0) is 19.0 Å². The molecule has 1 aromatic rings. The van der Waals surface area contributed by atoms with Crippen molar-refractivity contribution >= 4 is 11.9 Å². The third kappa shape index (κ3) is 16.1. The molecule has 268 valence electrons. The number of carbonyl (C=O) groups excluding carboxylic acids is 2. The van der Waals surface area contributed by atoms with E-state index >= 15 is 0 Å². The van der Waals surface area contributed by atoms with Gasteiger partial charge in [0.2, 0.25) is 5.91 Å². The van der Waals surface area contributed by atoms with Gasteiger partial charge >= 0.3 is 5.97 Å². The highest BCUT2D eigenvalue weighted by Crippen LogP contribution is 2.23. The van der Waals surface area contributed by atoms with Crippen LogP contribution in [-0.4, -0.2) is 88.4 Å². The maximum atomic E-state index is 13.1. The molecule has 1 aliphatic heterocycles. The monoisotopic (exact) mass is 663 g/mol. The Morgan fingerprint density at radius 1 is 0.830 bits per heavy atom. The standard InChI is InChI=1S/C37H61NO9/c1-3-5-7-8-9-10-11-12-13-14-15-16-21-24-30(46-36(44)28-22-19-17-20-23-28)29(38-32(40)25-18-6-4-2)27-45-37-35(43)34(42)33(41)31(26-39)47-37/h17,19-24,29-31,33-35,37,39,41-43H,3-16,18,25-27H2,1-2H3,(H,38,40)/t29?,30-,31-,33+,34+,35-,37-/m1/s1. The van der Waals surface area contributed by atoms with E-state index in [1.807, 2.05) is 6.08 Å². The van der Waals surface area contributed by atoms with Gasteiger partial charge in [-0.25, -0.2) is 4.79 Å². The van der Waals surface area contributed by atoms with Gasteiger partial charge in [0.05, 0.1) is 24.8 Å². The van der Waals surface area contributed by atoms with Crippen LogP contribution in [0.1, 0.15) is 127 Å². The number of ether oxygens (including phenoxy) is 3. The number of benzene rings is 1. The van der Waals surface area contributed by atoms with Crippen molar-refractivity contribution in [2.45, 2.75) is 159 Å². The fraction of sp³-hybridized carbons (Fsp3) is 0.730. The van der Waals surface area contributed by atoms with Crippen LogP contribution < -0.4 is 5.32 Å². The summed E-state index contributed by atoms with van der Waals surface area (Å²) in [7, 11) is 0. The lowest BCUT2D eigenvalue weighted by Crippen LogP contribution is -2.60. The minimum atomic E-state index is -1.61. The number of rotatable bonds is 25. The molecule has 0 saturated carbocycles. The van der Waals surface area contributed by atoms with Crippen molar-refractivity contribution in [3.05, 3.63) is 48.0 Å². The first-order valence-electron chi connectivity index (χ1n) is 18.0. The molecule has 0 spiro atoms. The molecule has 5 N–H and O–H groups in total. The molecule has 0 radical (unpaired) electrons. The number of aliphatic hydroxyl groups is 4. The summed E-state index contributed by atoms with van der Waals surface area (Å²) in [4.78, 5) is 26.1. The molecule has 0 aromatic heterocycles. The molecule has 10 heteroatoms. The number of nitrogens with one attached hydrogen (secondary N) is 1. The van der Waals surface area contributed by atoms with Crippen LogP contribution in [0.5, 0.6) is 0 Å². The van der Waals surface area contributed by atoms with E-state index in [-0.39, 0.29) is 18.9 Å². The molecule has 10 nitrogen and oxygen atoms in total. The smallest absolute Gasteiger partial charge is 0.338 e. The Morgan fingerprint density at radius 2 is 1.43 bits per heavy atom. The average molecular weight is 664 g/mol. The number of allylic oxidation sites excluding steroid dienone is 1. The van der Waals surface area contributed by atoms with Crippen molar-refractivity contribution < 1.29 is 44.2 Å². The Bertz CT molecular complexity index is 989. The summed E-state index contributed by atoms with van der Waals surface area (Å²) in [6, 6.07) is 7.73. The molecule has 1 aliphatic rings. The fourth-order valence-corrected chi connectivity index (χ4v) is 5.61. The molecule has 7 atom stereocenters. The van der Waals surface area contributed by atoms with Crippen molar-refractivity contribution in [3.8, 4) is 0 Å². The second kappa shape index (κ2) is 24.7. The molecule has 1 heterocycles. The molecule has 2 rings (SSSR count). The van der Waals surface area contributed by atoms with E-state index in [4.69, 9.17) is 14.2 Å². The van der Waals surface area contributed by atoms with Crippen LogP contribution in [0.4, 0.5) is 0 Å². The Balaban J connectivity index is 2.07. The second-order valence-corrected chi connectivity index (χ2v) is 12.7. The van der Waals surface area contributed by atoms with E-state index in [9.17, 15) is 30.0 Å². The summed E-state index contributed by atoms with van der Waals surface area (Å²) in [6.07, 6.45) is 12.8. The molecule has 1 fully saturated rings. The van der Waals surface area contributed by atoms with Crippen molar-refractivity contribution in [2.75, 3.05) is 13.2 Å². The maximum Gasteiger partial charge on any atom is 0.338 e. The SMILES string of the molecule is CCCCCCCCCCCCCC=C[C@@H](OC(=O)c1ccccc1)C(CO[C@@H]1O[C@H](CO)[C@H](O)[C@H](O)[C@H]1O)NC(=O)CCCCC. The largest absolute Gasteiger partial charge is 0.452 e.